The van der Waals surface area contributed by atoms with Gasteiger partial charge in [0.25, 0.3) is 0 Å². The molecule has 6 heteroatoms. The van der Waals surface area contributed by atoms with E-state index in [1.165, 1.54) is 0 Å². The quantitative estimate of drug-likeness (QED) is 0.371. The topological polar surface area (TPSA) is 58.6 Å². The van der Waals surface area contributed by atoms with E-state index in [1.54, 1.807) is 11.9 Å². The Labute approximate surface area is 203 Å². The van der Waals surface area contributed by atoms with E-state index < -0.39 is 6.04 Å². The van der Waals surface area contributed by atoms with Gasteiger partial charge in [0.2, 0.25) is 11.8 Å². The molecule has 0 fully saturated rings. The fourth-order valence-electron chi connectivity index (χ4n) is 3.63. The van der Waals surface area contributed by atoms with Crippen LogP contribution in [0.2, 0.25) is 0 Å². The molecule has 0 radical (unpaired) electrons. The summed E-state index contributed by atoms with van der Waals surface area (Å²) in [6.45, 7) is 0.784. The number of para-hydroxylation sites is 1. The molecule has 0 saturated heterocycles. The minimum atomic E-state index is -0.612. The first-order chi connectivity index (χ1) is 16.1. The zero-order valence-electron chi connectivity index (χ0n) is 18.7. The average Bonchev–Trinajstić information content (AvgIpc) is 2.84. The van der Waals surface area contributed by atoms with E-state index in [0.29, 0.717) is 32.4 Å². The SMILES string of the molecule is CNC(=O)C(Cc1ccccc1)N(Cc1cccc(Br)c1)C(=O)CCCOc1ccccc1. The van der Waals surface area contributed by atoms with Gasteiger partial charge in [-0.15, -0.1) is 0 Å². The number of carbonyl (C=O) groups is 2. The van der Waals surface area contributed by atoms with Gasteiger partial charge in [0.1, 0.15) is 11.8 Å². The van der Waals surface area contributed by atoms with Crippen LogP contribution in [0.25, 0.3) is 0 Å². The van der Waals surface area contributed by atoms with Crippen molar-refractivity contribution >= 4 is 27.7 Å². The van der Waals surface area contributed by atoms with Crippen LogP contribution in [-0.4, -0.2) is 36.4 Å². The van der Waals surface area contributed by atoms with Crippen LogP contribution in [0.5, 0.6) is 5.75 Å². The van der Waals surface area contributed by atoms with Gasteiger partial charge in [-0.2, -0.15) is 0 Å². The molecular formula is C27H29BrN2O3. The summed E-state index contributed by atoms with van der Waals surface area (Å²) in [6, 6.07) is 26.5. The van der Waals surface area contributed by atoms with E-state index in [9.17, 15) is 9.59 Å². The molecule has 3 rings (SSSR count). The second-order valence-corrected chi connectivity index (χ2v) is 8.65. The number of ether oxygens (including phenoxy) is 1. The van der Waals surface area contributed by atoms with Crippen LogP contribution < -0.4 is 10.1 Å². The van der Waals surface area contributed by atoms with E-state index in [4.69, 9.17) is 4.74 Å². The fraction of sp³-hybridized carbons (Fsp3) is 0.259. The smallest absolute Gasteiger partial charge is 0.242 e. The normalized spacial score (nSPS) is 11.5. The van der Waals surface area contributed by atoms with Crippen LogP contribution in [-0.2, 0) is 22.6 Å². The Morgan fingerprint density at radius 1 is 0.939 bits per heavy atom. The van der Waals surface area contributed by atoms with E-state index in [1.807, 2.05) is 84.9 Å². The maximum absolute atomic E-state index is 13.4. The highest BCUT2D eigenvalue weighted by Crippen LogP contribution is 2.19. The standard InChI is InChI=1S/C27H29BrN2O3/c1-29-27(32)25(19-21-10-4-2-5-11-21)30(20-22-12-8-13-23(28)18-22)26(31)16-9-17-33-24-14-6-3-7-15-24/h2-8,10-15,18,25H,9,16-17,19-20H2,1H3,(H,29,32). The Bertz CT molecular complexity index is 1030. The molecule has 0 spiro atoms. The van der Waals surface area contributed by atoms with Gasteiger partial charge in [0.15, 0.2) is 0 Å². The van der Waals surface area contributed by atoms with Crippen molar-refractivity contribution < 1.29 is 14.3 Å². The second-order valence-electron chi connectivity index (χ2n) is 7.74. The third-order valence-corrected chi connectivity index (χ3v) is 5.80. The van der Waals surface area contributed by atoms with Crippen LogP contribution in [0.3, 0.4) is 0 Å². The maximum atomic E-state index is 13.4. The number of hydrogen-bond donors (Lipinski definition) is 1. The Balaban J connectivity index is 1.75. The van der Waals surface area contributed by atoms with Crippen LogP contribution >= 0.6 is 15.9 Å². The molecule has 3 aromatic rings. The summed E-state index contributed by atoms with van der Waals surface area (Å²) in [5, 5.41) is 2.74. The van der Waals surface area contributed by atoms with E-state index >= 15 is 0 Å². The Morgan fingerprint density at radius 3 is 2.27 bits per heavy atom. The molecule has 172 valence electrons. The summed E-state index contributed by atoms with van der Waals surface area (Å²) in [4.78, 5) is 28.0. The summed E-state index contributed by atoms with van der Waals surface area (Å²) in [5.41, 5.74) is 1.96. The predicted octanol–water partition coefficient (Wildman–Crippen LogP) is 4.99. The van der Waals surface area contributed by atoms with Crippen molar-refractivity contribution in [2.75, 3.05) is 13.7 Å². The van der Waals surface area contributed by atoms with Crippen LogP contribution in [0.15, 0.2) is 89.4 Å². The minimum Gasteiger partial charge on any atom is -0.494 e. The maximum Gasteiger partial charge on any atom is 0.242 e. The molecular weight excluding hydrogens is 480 g/mol. The predicted molar refractivity (Wildman–Crippen MR) is 134 cm³/mol. The van der Waals surface area contributed by atoms with E-state index in [0.717, 1.165) is 21.3 Å². The number of rotatable bonds is 11. The van der Waals surface area contributed by atoms with E-state index in [2.05, 4.69) is 21.2 Å². The number of nitrogens with zero attached hydrogens (tertiary/aromatic N) is 1. The van der Waals surface area contributed by atoms with Crippen molar-refractivity contribution in [1.82, 2.24) is 10.2 Å². The highest BCUT2D eigenvalue weighted by molar-refractivity contribution is 9.10. The van der Waals surface area contributed by atoms with Crippen molar-refractivity contribution in [3.05, 3.63) is 101 Å². The highest BCUT2D eigenvalue weighted by Gasteiger charge is 2.29. The van der Waals surface area contributed by atoms with Gasteiger partial charge >= 0.3 is 0 Å². The lowest BCUT2D eigenvalue weighted by Crippen LogP contribution is -2.49. The third kappa shape index (κ3) is 7.75. The van der Waals surface area contributed by atoms with Gasteiger partial charge in [-0.05, 0) is 41.8 Å². The number of benzene rings is 3. The summed E-state index contributed by atoms with van der Waals surface area (Å²) in [6.07, 6.45) is 1.30. The molecule has 0 bridgehead atoms. The van der Waals surface area contributed by atoms with Crippen LogP contribution in [0.1, 0.15) is 24.0 Å². The molecule has 2 amide bonds. The van der Waals surface area contributed by atoms with Crippen molar-refractivity contribution in [2.24, 2.45) is 0 Å². The second kappa shape index (κ2) is 12.8. The molecule has 1 atom stereocenters. The lowest BCUT2D eigenvalue weighted by atomic mass is 10.0. The lowest BCUT2D eigenvalue weighted by molar-refractivity contribution is -0.141. The molecule has 0 aliphatic rings. The van der Waals surface area contributed by atoms with Gasteiger partial charge in [0, 0.05) is 30.9 Å². The molecule has 33 heavy (non-hydrogen) atoms. The first-order valence-electron chi connectivity index (χ1n) is 11.0. The van der Waals surface area contributed by atoms with Gasteiger partial charge in [-0.1, -0.05) is 76.6 Å². The summed E-state index contributed by atoms with van der Waals surface area (Å²) >= 11 is 3.50. The zero-order chi connectivity index (χ0) is 23.5. The average molecular weight is 509 g/mol. The molecule has 1 N–H and O–H groups in total. The molecule has 0 aliphatic carbocycles. The Hall–Kier alpha value is -3.12. The number of carbonyl (C=O) groups excluding carboxylic acids is 2. The molecule has 1 unspecified atom stereocenters. The van der Waals surface area contributed by atoms with Crippen molar-refractivity contribution in [3.8, 4) is 5.75 Å². The highest BCUT2D eigenvalue weighted by atomic mass is 79.9. The Morgan fingerprint density at radius 2 is 1.61 bits per heavy atom. The summed E-state index contributed by atoms with van der Waals surface area (Å²) in [7, 11) is 1.61. The van der Waals surface area contributed by atoms with Gasteiger partial charge < -0.3 is 15.0 Å². The molecule has 0 heterocycles. The molecule has 5 nitrogen and oxygen atoms in total. The first-order valence-corrected chi connectivity index (χ1v) is 11.8. The molecule has 3 aromatic carbocycles. The van der Waals surface area contributed by atoms with Crippen molar-refractivity contribution in [3.63, 3.8) is 0 Å². The number of hydrogen-bond acceptors (Lipinski definition) is 3. The number of amides is 2. The van der Waals surface area contributed by atoms with Gasteiger partial charge in [-0.25, -0.2) is 0 Å². The van der Waals surface area contributed by atoms with E-state index in [-0.39, 0.29) is 11.8 Å². The molecule has 0 aliphatic heterocycles. The molecule has 0 aromatic heterocycles. The molecule has 0 saturated carbocycles. The lowest BCUT2D eigenvalue weighted by Gasteiger charge is -2.31. The first kappa shape index (κ1) is 24.5. The van der Waals surface area contributed by atoms with Gasteiger partial charge in [0.05, 0.1) is 6.61 Å². The van der Waals surface area contributed by atoms with Crippen molar-refractivity contribution in [2.45, 2.75) is 31.8 Å². The number of nitrogens with one attached hydrogen (secondary N) is 1. The summed E-state index contributed by atoms with van der Waals surface area (Å²) in [5.74, 6) is 0.530. The van der Waals surface area contributed by atoms with Crippen LogP contribution in [0, 0.1) is 0 Å². The fourth-order valence-corrected chi connectivity index (χ4v) is 4.07. The van der Waals surface area contributed by atoms with Crippen LogP contribution in [0.4, 0.5) is 0 Å². The monoisotopic (exact) mass is 508 g/mol. The number of halogens is 1. The Kier molecular flexibility index (Phi) is 9.51. The number of likely N-dealkylation sites (N-methyl/N-ethyl adjacent to an activating group) is 1. The zero-order valence-corrected chi connectivity index (χ0v) is 20.3. The minimum absolute atomic E-state index is 0.0730. The third-order valence-electron chi connectivity index (χ3n) is 5.31. The summed E-state index contributed by atoms with van der Waals surface area (Å²) < 4.78 is 6.67. The van der Waals surface area contributed by atoms with Crippen molar-refractivity contribution in [1.29, 1.82) is 0 Å². The largest absolute Gasteiger partial charge is 0.494 e. The van der Waals surface area contributed by atoms with Gasteiger partial charge in [-0.3, -0.25) is 9.59 Å².